The van der Waals surface area contributed by atoms with Gasteiger partial charge in [-0.25, -0.2) is 0 Å². The Hall–Kier alpha value is -0.0800. The van der Waals surface area contributed by atoms with E-state index in [9.17, 15) is 0 Å². The lowest BCUT2D eigenvalue weighted by Crippen LogP contribution is -2.34. The SMILES string of the molecule is C1CCN(CN2CCCC2)C1. The molecule has 2 saturated heterocycles. The van der Waals surface area contributed by atoms with Gasteiger partial charge in [0.2, 0.25) is 0 Å². The molecule has 2 heteroatoms. The van der Waals surface area contributed by atoms with Gasteiger partial charge in [0.05, 0.1) is 6.67 Å². The third-order valence-corrected chi connectivity index (χ3v) is 2.80. The first kappa shape index (κ1) is 7.56. The average molecular weight is 154 g/mol. The Kier molecular flexibility index (Phi) is 2.44. The summed E-state index contributed by atoms with van der Waals surface area (Å²) in [6.07, 6.45) is 5.70. The molecule has 2 nitrogen and oxygen atoms in total. The Balaban J connectivity index is 1.71. The van der Waals surface area contributed by atoms with Crippen LogP contribution in [-0.4, -0.2) is 42.6 Å². The van der Waals surface area contributed by atoms with Crippen LogP contribution in [0.25, 0.3) is 0 Å². The highest BCUT2D eigenvalue weighted by molar-refractivity contribution is 4.70. The lowest BCUT2D eigenvalue weighted by atomic mass is 10.4. The summed E-state index contributed by atoms with van der Waals surface area (Å²) in [7, 11) is 0. The lowest BCUT2D eigenvalue weighted by molar-refractivity contribution is 0.182. The van der Waals surface area contributed by atoms with Gasteiger partial charge in [0.1, 0.15) is 0 Å². The molecule has 64 valence electrons. The van der Waals surface area contributed by atoms with E-state index < -0.39 is 0 Å². The fourth-order valence-corrected chi connectivity index (χ4v) is 2.13. The quantitative estimate of drug-likeness (QED) is 0.588. The van der Waals surface area contributed by atoms with Crippen LogP contribution >= 0.6 is 0 Å². The molecule has 0 bridgehead atoms. The molecule has 0 radical (unpaired) electrons. The first-order valence-corrected chi connectivity index (χ1v) is 4.90. The third kappa shape index (κ3) is 1.94. The fourth-order valence-electron chi connectivity index (χ4n) is 2.13. The van der Waals surface area contributed by atoms with E-state index in [0.717, 1.165) is 0 Å². The van der Waals surface area contributed by atoms with E-state index >= 15 is 0 Å². The second kappa shape index (κ2) is 3.55. The van der Waals surface area contributed by atoms with E-state index in [1.54, 1.807) is 0 Å². The van der Waals surface area contributed by atoms with Crippen molar-refractivity contribution in [3.05, 3.63) is 0 Å². The molecule has 0 amide bonds. The van der Waals surface area contributed by atoms with Gasteiger partial charge in [0.25, 0.3) is 0 Å². The molecule has 0 atom stereocenters. The number of rotatable bonds is 2. The van der Waals surface area contributed by atoms with Crippen molar-refractivity contribution in [2.45, 2.75) is 25.7 Å². The molecule has 11 heavy (non-hydrogen) atoms. The van der Waals surface area contributed by atoms with Gasteiger partial charge in [-0.1, -0.05) is 0 Å². The van der Waals surface area contributed by atoms with Crippen molar-refractivity contribution in [2.75, 3.05) is 32.8 Å². The highest BCUT2D eigenvalue weighted by Gasteiger charge is 2.17. The van der Waals surface area contributed by atoms with E-state index in [4.69, 9.17) is 0 Å². The van der Waals surface area contributed by atoms with Crippen molar-refractivity contribution < 1.29 is 0 Å². The molecule has 2 aliphatic heterocycles. The molecule has 2 rings (SSSR count). The molecule has 2 aliphatic rings. The summed E-state index contributed by atoms with van der Waals surface area (Å²) in [5, 5.41) is 0. The topological polar surface area (TPSA) is 6.48 Å². The predicted molar refractivity (Wildman–Crippen MR) is 46.5 cm³/mol. The van der Waals surface area contributed by atoms with Crippen LogP contribution in [-0.2, 0) is 0 Å². The minimum Gasteiger partial charge on any atom is -0.290 e. The van der Waals surface area contributed by atoms with Crippen molar-refractivity contribution >= 4 is 0 Å². The highest BCUT2D eigenvalue weighted by Crippen LogP contribution is 2.12. The molecule has 0 aliphatic carbocycles. The van der Waals surface area contributed by atoms with Gasteiger partial charge >= 0.3 is 0 Å². The van der Waals surface area contributed by atoms with Gasteiger partial charge in [-0.15, -0.1) is 0 Å². The van der Waals surface area contributed by atoms with Crippen LogP contribution in [0.4, 0.5) is 0 Å². The molecule has 0 aromatic carbocycles. The van der Waals surface area contributed by atoms with Crippen LogP contribution in [0.2, 0.25) is 0 Å². The smallest absolute Gasteiger partial charge is 0.0506 e. The van der Waals surface area contributed by atoms with Gasteiger partial charge < -0.3 is 0 Å². The average Bonchev–Trinajstić information content (AvgIpc) is 2.60. The lowest BCUT2D eigenvalue weighted by Gasteiger charge is -2.22. The van der Waals surface area contributed by atoms with Crippen LogP contribution in [0.5, 0.6) is 0 Å². The summed E-state index contributed by atoms with van der Waals surface area (Å²) in [5.74, 6) is 0. The largest absolute Gasteiger partial charge is 0.290 e. The molecule has 0 aromatic heterocycles. The van der Waals surface area contributed by atoms with Gasteiger partial charge in [-0.05, 0) is 51.9 Å². The molecule has 0 aromatic rings. The maximum Gasteiger partial charge on any atom is 0.0506 e. The first-order valence-electron chi connectivity index (χ1n) is 4.90. The fraction of sp³-hybridized carbons (Fsp3) is 1.00. The van der Waals surface area contributed by atoms with Crippen LogP contribution in [0.15, 0.2) is 0 Å². The van der Waals surface area contributed by atoms with Gasteiger partial charge in [-0.2, -0.15) is 0 Å². The van der Waals surface area contributed by atoms with E-state index in [1.807, 2.05) is 0 Å². The number of nitrogens with zero attached hydrogens (tertiary/aromatic N) is 2. The van der Waals surface area contributed by atoms with Gasteiger partial charge in [0, 0.05) is 0 Å². The Morgan fingerprint density at radius 1 is 0.636 bits per heavy atom. The molecular formula is C9H18N2. The summed E-state index contributed by atoms with van der Waals surface area (Å²) in [6, 6.07) is 0. The maximum atomic E-state index is 2.59. The van der Waals surface area contributed by atoms with Crippen LogP contribution in [0.1, 0.15) is 25.7 Å². The Morgan fingerprint density at radius 3 is 1.36 bits per heavy atom. The second-order valence-corrected chi connectivity index (χ2v) is 3.79. The molecule has 0 saturated carbocycles. The summed E-state index contributed by atoms with van der Waals surface area (Å²) in [5.41, 5.74) is 0. The van der Waals surface area contributed by atoms with E-state index in [0.29, 0.717) is 0 Å². The highest BCUT2D eigenvalue weighted by atomic mass is 15.3. The normalized spacial score (nSPS) is 28.4. The molecule has 2 heterocycles. The summed E-state index contributed by atoms with van der Waals surface area (Å²) in [4.78, 5) is 5.18. The van der Waals surface area contributed by atoms with E-state index in [2.05, 4.69) is 9.80 Å². The number of hydrogen-bond acceptors (Lipinski definition) is 2. The number of likely N-dealkylation sites (tertiary alicyclic amines) is 2. The van der Waals surface area contributed by atoms with Gasteiger partial charge in [-0.3, -0.25) is 9.80 Å². The second-order valence-electron chi connectivity index (χ2n) is 3.79. The first-order chi connectivity index (χ1) is 5.45. The number of hydrogen-bond donors (Lipinski definition) is 0. The van der Waals surface area contributed by atoms with Gasteiger partial charge in [0.15, 0.2) is 0 Å². The standard InChI is InChI=1S/C9H18N2/c1-2-6-10(5-1)9-11-7-3-4-8-11/h1-9H2. The van der Waals surface area contributed by atoms with Crippen molar-refractivity contribution in [1.29, 1.82) is 0 Å². The minimum atomic E-state index is 1.25. The van der Waals surface area contributed by atoms with Crippen molar-refractivity contribution in [2.24, 2.45) is 0 Å². The van der Waals surface area contributed by atoms with Crippen molar-refractivity contribution in [3.63, 3.8) is 0 Å². The van der Waals surface area contributed by atoms with Crippen molar-refractivity contribution in [1.82, 2.24) is 9.80 Å². The van der Waals surface area contributed by atoms with Crippen LogP contribution in [0.3, 0.4) is 0 Å². The monoisotopic (exact) mass is 154 g/mol. The Bertz CT molecular complexity index is 98.7. The zero-order valence-corrected chi connectivity index (χ0v) is 7.26. The van der Waals surface area contributed by atoms with Crippen molar-refractivity contribution in [3.8, 4) is 0 Å². The Labute approximate surface area is 69.2 Å². The minimum absolute atomic E-state index is 1.25. The Morgan fingerprint density at radius 2 is 1.00 bits per heavy atom. The van der Waals surface area contributed by atoms with E-state index in [-0.39, 0.29) is 0 Å². The van der Waals surface area contributed by atoms with E-state index in [1.165, 1.54) is 58.5 Å². The summed E-state index contributed by atoms with van der Waals surface area (Å²) < 4.78 is 0. The summed E-state index contributed by atoms with van der Waals surface area (Å²) in [6.45, 7) is 6.62. The maximum absolute atomic E-state index is 2.59. The third-order valence-electron chi connectivity index (χ3n) is 2.80. The molecule has 0 unspecified atom stereocenters. The molecule has 0 N–H and O–H groups in total. The summed E-state index contributed by atoms with van der Waals surface area (Å²) >= 11 is 0. The molecule has 0 spiro atoms. The molecular weight excluding hydrogens is 136 g/mol. The van der Waals surface area contributed by atoms with Crippen LogP contribution in [0, 0.1) is 0 Å². The zero-order chi connectivity index (χ0) is 7.52. The zero-order valence-electron chi connectivity index (χ0n) is 7.26. The predicted octanol–water partition coefficient (Wildman–Crippen LogP) is 1.14. The van der Waals surface area contributed by atoms with Crippen LogP contribution < -0.4 is 0 Å². The molecule has 2 fully saturated rings.